The van der Waals surface area contributed by atoms with Gasteiger partial charge in [-0.2, -0.15) is 0 Å². The summed E-state index contributed by atoms with van der Waals surface area (Å²) < 4.78 is 13.7. The Morgan fingerprint density at radius 3 is 2.81 bits per heavy atom. The van der Waals surface area contributed by atoms with E-state index < -0.39 is 0 Å². The molecule has 0 amide bonds. The zero-order valence-corrected chi connectivity index (χ0v) is 11.9. The van der Waals surface area contributed by atoms with Crippen LogP contribution in [0.3, 0.4) is 0 Å². The minimum absolute atomic E-state index is 0.145. The highest BCUT2D eigenvalue weighted by atomic mass is 19.1. The molecule has 106 valence electrons. The van der Waals surface area contributed by atoms with E-state index in [0.29, 0.717) is 6.42 Å². The van der Waals surface area contributed by atoms with Gasteiger partial charge >= 0.3 is 0 Å². The van der Waals surface area contributed by atoms with Crippen LogP contribution in [0.25, 0.3) is 10.9 Å². The molecule has 0 spiro atoms. The van der Waals surface area contributed by atoms with Gasteiger partial charge in [-0.15, -0.1) is 0 Å². The SMILES string of the molecule is CC(Cc1ccccc1F)Nc1ccc2ncccc2c1. The van der Waals surface area contributed by atoms with Gasteiger partial charge < -0.3 is 5.32 Å². The van der Waals surface area contributed by atoms with Gasteiger partial charge in [0.2, 0.25) is 0 Å². The number of nitrogens with one attached hydrogen (secondary N) is 1. The lowest BCUT2D eigenvalue weighted by Crippen LogP contribution is -2.18. The smallest absolute Gasteiger partial charge is 0.126 e. The largest absolute Gasteiger partial charge is 0.382 e. The van der Waals surface area contributed by atoms with E-state index in [1.165, 1.54) is 6.07 Å². The molecular weight excluding hydrogens is 263 g/mol. The first-order valence-corrected chi connectivity index (χ1v) is 7.07. The van der Waals surface area contributed by atoms with Crippen molar-refractivity contribution >= 4 is 16.6 Å². The number of fused-ring (bicyclic) bond motifs is 1. The average Bonchev–Trinajstić information content (AvgIpc) is 2.49. The maximum absolute atomic E-state index is 13.7. The number of hydrogen-bond donors (Lipinski definition) is 1. The lowest BCUT2D eigenvalue weighted by atomic mass is 10.1. The number of benzene rings is 2. The van der Waals surface area contributed by atoms with Gasteiger partial charge in [0.15, 0.2) is 0 Å². The minimum Gasteiger partial charge on any atom is -0.382 e. The Morgan fingerprint density at radius 1 is 1.10 bits per heavy atom. The summed E-state index contributed by atoms with van der Waals surface area (Å²) in [4.78, 5) is 4.30. The van der Waals surface area contributed by atoms with Crippen LogP contribution >= 0.6 is 0 Å². The third-order valence-electron chi connectivity index (χ3n) is 3.50. The van der Waals surface area contributed by atoms with Crippen molar-refractivity contribution in [2.75, 3.05) is 5.32 Å². The van der Waals surface area contributed by atoms with Crippen LogP contribution in [0.5, 0.6) is 0 Å². The van der Waals surface area contributed by atoms with Gasteiger partial charge in [-0.25, -0.2) is 4.39 Å². The van der Waals surface area contributed by atoms with Crippen molar-refractivity contribution in [2.24, 2.45) is 0 Å². The maximum Gasteiger partial charge on any atom is 0.126 e. The van der Waals surface area contributed by atoms with Crippen LogP contribution < -0.4 is 5.32 Å². The van der Waals surface area contributed by atoms with Gasteiger partial charge in [0.05, 0.1) is 5.52 Å². The van der Waals surface area contributed by atoms with Crippen LogP contribution in [0, 0.1) is 5.82 Å². The fourth-order valence-corrected chi connectivity index (χ4v) is 2.49. The number of anilines is 1. The summed E-state index contributed by atoms with van der Waals surface area (Å²) in [5.41, 5.74) is 2.74. The van der Waals surface area contributed by atoms with Crippen LogP contribution in [0.15, 0.2) is 60.8 Å². The second-order valence-electron chi connectivity index (χ2n) is 5.25. The summed E-state index contributed by atoms with van der Waals surface area (Å²) in [6.07, 6.45) is 2.44. The highest BCUT2D eigenvalue weighted by molar-refractivity contribution is 5.82. The van der Waals surface area contributed by atoms with Gasteiger partial charge in [0, 0.05) is 23.3 Å². The van der Waals surface area contributed by atoms with Crippen molar-refractivity contribution in [2.45, 2.75) is 19.4 Å². The molecule has 3 aromatic rings. The molecule has 3 rings (SSSR count). The number of halogens is 1. The van der Waals surface area contributed by atoms with Gasteiger partial charge in [-0.05, 0) is 49.2 Å². The highest BCUT2D eigenvalue weighted by Gasteiger charge is 2.07. The van der Waals surface area contributed by atoms with E-state index in [0.717, 1.165) is 22.2 Å². The molecule has 1 aromatic heterocycles. The van der Waals surface area contributed by atoms with Gasteiger partial charge in [-0.3, -0.25) is 4.98 Å². The number of pyridine rings is 1. The Bertz CT molecular complexity index is 755. The predicted octanol–water partition coefficient (Wildman–Crippen LogP) is 4.42. The normalized spacial score (nSPS) is 12.3. The third-order valence-corrected chi connectivity index (χ3v) is 3.50. The van der Waals surface area contributed by atoms with E-state index >= 15 is 0 Å². The molecule has 0 aliphatic rings. The van der Waals surface area contributed by atoms with Crippen molar-refractivity contribution < 1.29 is 4.39 Å². The van der Waals surface area contributed by atoms with Gasteiger partial charge in [0.1, 0.15) is 5.82 Å². The molecule has 1 N–H and O–H groups in total. The number of aromatic nitrogens is 1. The van der Waals surface area contributed by atoms with E-state index in [1.807, 2.05) is 36.4 Å². The summed E-state index contributed by atoms with van der Waals surface area (Å²) in [5.74, 6) is -0.145. The molecule has 1 atom stereocenters. The Kier molecular flexibility index (Phi) is 3.82. The molecule has 0 saturated carbocycles. The highest BCUT2D eigenvalue weighted by Crippen LogP contribution is 2.19. The molecular formula is C18H17FN2. The zero-order valence-electron chi connectivity index (χ0n) is 11.9. The van der Waals surface area contributed by atoms with Crippen LogP contribution in [-0.4, -0.2) is 11.0 Å². The zero-order chi connectivity index (χ0) is 14.7. The van der Waals surface area contributed by atoms with Crippen molar-refractivity contribution in [1.29, 1.82) is 0 Å². The first-order valence-electron chi connectivity index (χ1n) is 7.07. The van der Waals surface area contributed by atoms with Crippen molar-refractivity contribution in [1.82, 2.24) is 4.98 Å². The van der Waals surface area contributed by atoms with Crippen LogP contribution in [0.1, 0.15) is 12.5 Å². The number of nitrogens with zero attached hydrogens (tertiary/aromatic N) is 1. The number of hydrogen-bond acceptors (Lipinski definition) is 2. The molecule has 1 heterocycles. The second-order valence-corrected chi connectivity index (χ2v) is 5.25. The van der Waals surface area contributed by atoms with Gasteiger partial charge in [0.25, 0.3) is 0 Å². The van der Waals surface area contributed by atoms with Crippen molar-refractivity contribution in [3.05, 3.63) is 72.2 Å². The summed E-state index contributed by atoms with van der Waals surface area (Å²) in [5, 5.41) is 4.51. The summed E-state index contributed by atoms with van der Waals surface area (Å²) in [6.45, 7) is 2.06. The van der Waals surface area contributed by atoms with E-state index in [-0.39, 0.29) is 11.9 Å². The molecule has 0 aliphatic heterocycles. The summed E-state index contributed by atoms with van der Waals surface area (Å²) in [7, 11) is 0. The lowest BCUT2D eigenvalue weighted by molar-refractivity contribution is 0.601. The molecule has 0 aliphatic carbocycles. The van der Waals surface area contributed by atoms with Crippen molar-refractivity contribution in [3.8, 4) is 0 Å². The second kappa shape index (κ2) is 5.92. The predicted molar refractivity (Wildman–Crippen MR) is 84.9 cm³/mol. The molecule has 1 unspecified atom stereocenters. The average molecular weight is 280 g/mol. The minimum atomic E-state index is -0.145. The molecule has 0 fully saturated rings. The third kappa shape index (κ3) is 3.19. The number of rotatable bonds is 4. The van der Waals surface area contributed by atoms with E-state index in [9.17, 15) is 4.39 Å². The van der Waals surface area contributed by atoms with E-state index in [2.05, 4.69) is 23.3 Å². The van der Waals surface area contributed by atoms with E-state index in [4.69, 9.17) is 0 Å². The van der Waals surface area contributed by atoms with Crippen LogP contribution in [0.4, 0.5) is 10.1 Å². The Morgan fingerprint density at radius 2 is 1.95 bits per heavy atom. The van der Waals surface area contributed by atoms with E-state index in [1.54, 1.807) is 12.3 Å². The molecule has 0 saturated heterocycles. The first-order chi connectivity index (χ1) is 10.2. The topological polar surface area (TPSA) is 24.9 Å². The summed E-state index contributed by atoms with van der Waals surface area (Å²) >= 11 is 0. The van der Waals surface area contributed by atoms with Gasteiger partial charge in [-0.1, -0.05) is 24.3 Å². The first kappa shape index (κ1) is 13.6. The quantitative estimate of drug-likeness (QED) is 0.765. The van der Waals surface area contributed by atoms with Crippen LogP contribution in [0.2, 0.25) is 0 Å². The fraction of sp³-hybridized carbons (Fsp3) is 0.167. The Labute approximate surface area is 123 Å². The van der Waals surface area contributed by atoms with Crippen molar-refractivity contribution in [3.63, 3.8) is 0 Å². The maximum atomic E-state index is 13.7. The molecule has 0 radical (unpaired) electrons. The molecule has 3 heteroatoms. The standard InChI is InChI=1S/C18H17FN2/c1-13(11-14-5-2-3-7-17(14)19)21-16-8-9-18-15(12-16)6-4-10-20-18/h2-10,12-13,21H,11H2,1H3. The van der Waals surface area contributed by atoms with Crippen LogP contribution in [-0.2, 0) is 6.42 Å². The molecule has 2 aromatic carbocycles. The Hall–Kier alpha value is -2.42. The monoisotopic (exact) mass is 280 g/mol. The molecule has 2 nitrogen and oxygen atoms in total. The molecule has 0 bridgehead atoms. The fourth-order valence-electron chi connectivity index (χ4n) is 2.49. The lowest BCUT2D eigenvalue weighted by Gasteiger charge is -2.16. The Balaban J connectivity index is 1.74. The molecule has 21 heavy (non-hydrogen) atoms. The summed E-state index contributed by atoms with van der Waals surface area (Å²) in [6, 6.07) is 17.1.